The molecule has 3 saturated carbocycles. The number of benzene rings is 2. The molecule has 1 N–H and O–H groups in total. The van der Waals surface area contributed by atoms with Crippen LogP contribution < -0.4 is 5.32 Å². The summed E-state index contributed by atoms with van der Waals surface area (Å²) in [4.78, 5) is 20.2. The number of aliphatic imine (C=N–C) groups is 1. The Kier molecular flexibility index (Phi) is 6.85. The molecule has 5 aliphatic rings. The van der Waals surface area contributed by atoms with Gasteiger partial charge in [0.1, 0.15) is 17.7 Å². The number of nitrogens with one attached hydrogen (secondary N) is 1. The van der Waals surface area contributed by atoms with E-state index in [2.05, 4.69) is 5.32 Å². The maximum atomic E-state index is 14.4. The second-order valence-electron chi connectivity index (χ2n) is 13.9. The lowest BCUT2D eigenvalue weighted by Crippen LogP contribution is -2.78. The monoisotopic (exact) mass is 636 g/mol. The Labute approximate surface area is 255 Å². The fourth-order valence-electron chi connectivity index (χ4n) is 7.27. The standard InChI is InChI=1S/C31H36ClF3N4O3S/c1-27(2)19-38(13-12-31(27,34)35)25(40)24-28(3,4)37-26(36-24)29-16-30(17-29,18-29)39(15-20-10-11-22(32)23(33)14-20)43(41,42)21-8-6-5-7-9-21/h5-11,14,24H,12-13,15-19H2,1-4H3,(H,36,37)/t24-,29?,30?/m0/s1. The van der Waals surface area contributed by atoms with Crippen LogP contribution in [-0.2, 0) is 21.4 Å². The molecule has 0 unspecified atom stereocenters. The Morgan fingerprint density at radius 2 is 1.74 bits per heavy atom. The molecular weight excluding hydrogens is 601 g/mol. The van der Waals surface area contributed by atoms with Gasteiger partial charge in [-0.2, -0.15) is 4.31 Å². The summed E-state index contributed by atoms with van der Waals surface area (Å²) in [5.74, 6) is -3.07. The first-order valence-corrected chi connectivity index (χ1v) is 16.3. The third-order valence-electron chi connectivity index (χ3n) is 9.89. The SMILES string of the molecule is CC1(C)N=C(C23CC(N(Cc4ccc(Cl)c(F)c4)S(=O)(=O)c4ccccc4)(C2)C3)N[C@H]1C(=O)N1CCC(F)(F)C(C)(C)C1. The molecule has 2 bridgehead atoms. The summed E-state index contributed by atoms with van der Waals surface area (Å²) in [5.41, 5.74) is -2.78. The summed E-state index contributed by atoms with van der Waals surface area (Å²) in [5, 5.41) is 3.30. The van der Waals surface area contributed by atoms with Crippen molar-refractivity contribution >= 4 is 33.4 Å². The lowest BCUT2D eigenvalue weighted by molar-refractivity contribution is -0.166. The number of likely N-dealkylation sites (tertiary alicyclic amines) is 1. The fourth-order valence-corrected chi connectivity index (χ4v) is 9.17. The number of carbonyl (C=O) groups is 1. The molecule has 43 heavy (non-hydrogen) atoms. The maximum Gasteiger partial charge on any atom is 0.256 e. The Bertz CT molecular complexity index is 1590. The van der Waals surface area contributed by atoms with Crippen LogP contribution in [0.3, 0.4) is 0 Å². The van der Waals surface area contributed by atoms with Crippen molar-refractivity contribution in [3.63, 3.8) is 0 Å². The minimum absolute atomic E-state index is 0.0231. The van der Waals surface area contributed by atoms with Crippen LogP contribution >= 0.6 is 11.6 Å². The molecule has 7 nitrogen and oxygen atoms in total. The van der Waals surface area contributed by atoms with E-state index in [9.17, 15) is 26.4 Å². The van der Waals surface area contributed by atoms with Gasteiger partial charge in [0.2, 0.25) is 15.9 Å². The Morgan fingerprint density at radius 3 is 2.35 bits per heavy atom. The smallest absolute Gasteiger partial charge is 0.256 e. The van der Waals surface area contributed by atoms with Crippen LogP contribution in [0.5, 0.6) is 0 Å². The summed E-state index contributed by atoms with van der Waals surface area (Å²) in [6.45, 7) is 6.57. The lowest BCUT2D eigenvalue weighted by Gasteiger charge is -2.72. The van der Waals surface area contributed by atoms with Crippen molar-refractivity contribution in [2.45, 2.75) is 87.9 Å². The van der Waals surface area contributed by atoms with Gasteiger partial charge in [-0.25, -0.2) is 21.6 Å². The fraction of sp³-hybridized carbons (Fsp3) is 0.548. The molecule has 232 valence electrons. The van der Waals surface area contributed by atoms with Crippen LogP contribution in [0.15, 0.2) is 58.4 Å². The van der Waals surface area contributed by atoms with Crippen LogP contribution in [0.2, 0.25) is 5.02 Å². The number of hydrogen-bond acceptors (Lipinski definition) is 5. The highest BCUT2D eigenvalue weighted by Crippen LogP contribution is 2.71. The summed E-state index contributed by atoms with van der Waals surface area (Å²) >= 11 is 5.88. The van der Waals surface area contributed by atoms with Gasteiger partial charge in [-0.05, 0) is 62.9 Å². The zero-order valence-corrected chi connectivity index (χ0v) is 26.2. The van der Waals surface area contributed by atoms with E-state index in [-0.39, 0.29) is 41.9 Å². The number of amides is 1. The van der Waals surface area contributed by atoms with Gasteiger partial charge in [0.25, 0.3) is 5.92 Å². The normalized spacial score (nSPS) is 30.2. The van der Waals surface area contributed by atoms with E-state index in [1.165, 1.54) is 35.2 Å². The van der Waals surface area contributed by atoms with E-state index in [1.807, 2.05) is 13.8 Å². The first-order valence-electron chi connectivity index (χ1n) is 14.5. The van der Waals surface area contributed by atoms with Crippen molar-refractivity contribution in [2.24, 2.45) is 15.8 Å². The molecule has 12 heteroatoms. The molecule has 3 aliphatic carbocycles. The van der Waals surface area contributed by atoms with Crippen molar-refractivity contribution in [3.8, 4) is 0 Å². The van der Waals surface area contributed by atoms with E-state index < -0.39 is 49.7 Å². The molecular formula is C31H36ClF3N4O3S. The second-order valence-corrected chi connectivity index (χ2v) is 16.2. The quantitative estimate of drug-likeness (QED) is 0.427. The van der Waals surface area contributed by atoms with Crippen LogP contribution in [0.25, 0.3) is 0 Å². The number of sulfonamides is 1. The van der Waals surface area contributed by atoms with Crippen molar-refractivity contribution in [2.75, 3.05) is 13.1 Å². The van der Waals surface area contributed by atoms with Crippen molar-refractivity contribution in [1.82, 2.24) is 14.5 Å². The molecule has 0 radical (unpaired) electrons. The Morgan fingerprint density at radius 1 is 1.09 bits per heavy atom. The molecule has 0 spiro atoms. The zero-order chi connectivity index (χ0) is 31.2. The highest BCUT2D eigenvalue weighted by molar-refractivity contribution is 7.89. The number of halogens is 4. The first kappa shape index (κ1) is 30.4. The summed E-state index contributed by atoms with van der Waals surface area (Å²) in [6, 6.07) is 11.8. The molecule has 7 rings (SSSR count). The van der Waals surface area contributed by atoms with Crippen molar-refractivity contribution in [3.05, 3.63) is 64.9 Å². The van der Waals surface area contributed by atoms with Crippen molar-refractivity contribution < 1.29 is 26.4 Å². The molecule has 2 aromatic rings. The average molecular weight is 637 g/mol. The predicted molar refractivity (Wildman–Crippen MR) is 158 cm³/mol. The number of hydrogen-bond donors (Lipinski definition) is 1. The van der Waals surface area contributed by atoms with E-state index in [0.29, 0.717) is 30.7 Å². The van der Waals surface area contributed by atoms with Crippen LogP contribution in [0.4, 0.5) is 13.2 Å². The topological polar surface area (TPSA) is 82.1 Å². The highest BCUT2D eigenvalue weighted by atomic mass is 35.5. The molecule has 1 atom stereocenters. The van der Waals surface area contributed by atoms with Gasteiger partial charge in [0.05, 0.1) is 15.5 Å². The van der Waals surface area contributed by atoms with Gasteiger partial charge in [0, 0.05) is 42.4 Å². The summed E-state index contributed by atoms with van der Waals surface area (Å²) < 4.78 is 72.6. The van der Waals surface area contributed by atoms with Gasteiger partial charge in [-0.1, -0.05) is 49.7 Å². The van der Waals surface area contributed by atoms with E-state index in [0.717, 1.165) is 0 Å². The zero-order valence-electron chi connectivity index (χ0n) is 24.6. The Hall–Kier alpha value is -2.63. The lowest BCUT2D eigenvalue weighted by atomic mass is 9.38. The number of carbonyl (C=O) groups excluding carboxylic acids is 1. The summed E-state index contributed by atoms with van der Waals surface area (Å²) in [7, 11) is -3.94. The van der Waals surface area contributed by atoms with Gasteiger partial charge in [-0.3, -0.25) is 9.79 Å². The molecule has 1 saturated heterocycles. The largest absolute Gasteiger partial charge is 0.360 e. The minimum Gasteiger partial charge on any atom is -0.360 e. The van der Waals surface area contributed by atoms with E-state index >= 15 is 0 Å². The molecule has 1 amide bonds. The summed E-state index contributed by atoms with van der Waals surface area (Å²) in [6.07, 6.45) is 1.10. The number of piperidine rings is 1. The molecule has 0 aromatic heterocycles. The van der Waals surface area contributed by atoms with Crippen LogP contribution in [-0.4, -0.2) is 65.5 Å². The number of rotatable bonds is 7. The third kappa shape index (κ3) is 4.77. The van der Waals surface area contributed by atoms with Crippen LogP contribution in [0, 0.1) is 16.6 Å². The molecule has 2 aromatic carbocycles. The molecule has 2 heterocycles. The van der Waals surface area contributed by atoms with Gasteiger partial charge in [0.15, 0.2) is 0 Å². The molecule has 4 fully saturated rings. The number of amidine groups is 1. The van der Waals surface area contributed by atoms with Gasteiger partial charge >= 0.3 is 0 Å². The van der Waals surface area contributed by atoms with Gasteiger partial charge in [-0.15, -0.1) is 0 Å². The van der Waals surface area contributed by atoms with Crippen LogP contribution in [0.1, 0.15) is 58.9 Å². The van der Waals surface area contributed by atoms with Crippen molar-refractivity contribution in [1.29, 1.82) is 0 Å². The first-order chi connectivity index (χ1) is 19.9. The second kappa shape index (κ2) is 9.68. The molecule has 2 aliphatic heterocycles. The highest BCUT2D eigenvalue weighted by Gasteiger charge is 2.75. The van der Waals surface area contributed by atoms with E-state index in [4.69, 9.17) is 16.6 Å². The number of nitrogens with zero attached hydrogens (tertiary/aromatic N) is 3. The third-order valence-corrected chi connectivity index (χ3v) is 12.2. The maximum absolute atomic E-state index is 14.4. The minimum atomic E-state index is -3.94. The predicted octanol–water partition coefficient (Wildman–Crippen LogP) is 5.64. The van der Waals surface area contributed by atoms with Gasteiger partial charge < -0.3 is 10.2 Å². The Balaban J connectivity index is 1.22. The number of alkyl halides is 2. The average Bonchev–Trinajstić information content (AvgIpc) is 3.20. The van der Waals surface area contributed by atoms with E-state index in [1.54, 1.807) is 36.4 Å².